The monoisotopic (exact) mass is 455 g/mol. The van der Waals surface area contributed by atoms with Gasteiger partial charge in [0.1, 0.15) is 18.1 Å². The molecule has 162 valence electrons. The number of carbonyl (C=O) groups excluding carboxylic acids is 2. The Hall–Kier alpha value is -2.18. The standard InChI is InChI=1S/C24H26ClN3O2S/c25-18-10-4-2-8-16(18)23-22-17-9-3-5-11-19(17)31-24(22)28(20(29)14-26-23)15-21(30)27-12-6-1-7-13-27/h2,4,8,10H,1,3,5-7,9,11-15H2. The van der Waals surface area contributed by atoms with Gasteiger partial charge in [0.05, 0.1) is 5.71 Å². The van der Waals surface area contributed by atoms with Crippen molar-refractivity contribution in [2.24, 2.45) is 4.99 Å². The van der Waals surface area contributed by atoms with Gasteiger partial charge >= 0.3 is 0 Å². The van der Waals surface area contributed by atoms with Gasteiger partial charge in [-0.15, -0.1) is 11.3 Å². The van der Waals surface area contributed by atoms with Gasteiger partial charge in [-0.1, -0.05) is 29.8 Å². The first-order chi connectivity index (χ1) is 15.1. The van der Waals surface area contributed by atoms with E-state index < -0.39 is 0 Å². The lowest BCUT2D eigenvalue weighted by Crippen LogP contribution is -2.45. The Labute approximate surface area is 191 Å². The third-order valence-corrected chi connectivity index (χ3v) is 8.08. The van der Waals surface area contributed by atoms with Crippen molar-refractivity contribution < 1.29 is 9.59 Å². The fourth-order valence-corrected chi connectivity index (χ4v) is 6.45. The molecule has 5 nitrogen and oxygen atoms in total. The van der Waals surface area contributed by atoms with Gasteiger partial charge in [-0.2, -0.15) is 0 Å². The van der Waals surface area contributed by atoms with Crippen molar-refractivity contribution >= 4 is 45.5 Å². The highest BCUT2D eigenvalue weighted by Crippen LogP contribution is 2.43. The number of thiophene rings is 1. The second-order valence-corrected chi connectivity index (χ2v) is 9.95. The van der Waals surface area contributed by atoms with Crippen LogP contribution in [0.3, 0.4) is 0 Å². The number of anilines is 1. The SMILES string of the molecule is O=C(CN1C(=O)CN=C(c2ccccc2Cl)c2c1sc1c2CCCC1)N1CCCCC1. The van der Waals surface area contributed by atoms with Crippen molar-refractivity contribution in [3.05, 3.63) is 50.9 Å². The smallest absolute Gasteiger partial charge is 0.249 e. The largest absolute Gasteiger partial charge is 0.341 e. The average Bonchev–Trinajstić information content (AvgIpc) is 3.12. The number of hydrogen-bond donors (Lipinski definition) is 0. The predicted molar refractivity (Wildman–Crippen MR) is 126 cm³/mol. The highest BCUT2D eigenvalue weighted by atomic mass is 35.5. The molecule has 0 atom stereocenters. The lowest BCUT2D eigenvalue weighted by molar-refractivity contribution is -0.132. The van der Waals surface area contributed by atoms with Crippen LogP contribution in [-0.2, 0) is 22.4 Å². The average molecular weight is 456 g/mol. The van der Waals surface area contributed by atoms with Crippen LogP contribution in [0.4, 0.5) is 5.00 Å². The zero-order valence-electron chi connectivity index (χ0n) is 17.5. The molecule has 0 spiro atoms. The van der Waals surface area contributed by atoms with E-state index in [1.165, 1.54) is 16.9 Å². The minimum Gasteiger partial charge on any atom is -0.341 e. The van der Waals surface area contributed by atoms with E-state index in [4.69, 9.17) is 16.6 Å². The van der Waals surface area contributed by atoms with E-state index in [1.807, 2.05) is 29.2 Å². The minimum absolute atomic E-state index is 0.0318. The highest BCUT2D eigenvalue weighted by molar-refractivity contribution is 7.17. The lowest BCUT2D eigenvalue weighted by Gasteiger charge is -2.29. The minimum atomic E-state index is -0.118. The number of amides is 2. The summed E-state index contributed by atoms with van der Waals surface area (Å²) in [7, 11) is 0. The van der Waals surface area contributed by atoms with Gasteiger partial charge in [0.15, 0.2) is 0 Å². The molecule has 0 saturated carbocycles. The summed E-state index contributed by atoms with van der Waals surface area (Å²) in [6, 6.07) is 7.69. The third kappa shape index (κ3) is 3.92. The van der Waals surface area contributed by atoms with Gasteiger partial charge in [-0.05, 0) is 56.6 Å². The van der Waals surface area contributed by atoms with E-state index in [2.05, 4.69) is 0 Å². The van der Waals surface area contributed by atoms with Crippen LogP contribution >= 0.6 is 22.9 Å². The Kier molecular flexibility index (Phi) is 5.85. The number of benzene rings is 1. The molecule has 3 aliphatic rings. The number of rotatable bonds is 3. The van der Waals surface area contributed by atoms with Crippen molar-refractivity contribution in [2.45, 2.75) is 44.9 Å². The summed E-state index contributed by atoms with van der Waals surface area (Å²) in [5.41, 5.74) is 3.95. The Bertz CT molecular complexity index is 1060. The maximum absolute atomic E-state index is 13.2. The van der Waals surface area contributed by atoms with E-state index in [0.717, 1.165) is 73.5 Å². The number of piperidine rings is 1. The van der Waals surface area contributed by atoms with Gasteiger partial charge in [0.2, 0.25) is 11.8 Å². The molecule has 0 unspecified atom stereocenters. The first-order valence-electron chi connectivity index (χ1n) is 11.2. The van der Waals surface area contributed by atoms with Crippen molar-refractivity contribution in [1.82, 2.24) is 4.90 Å². The van der Waals surface area contributed by atoms with Crippen LogP contribution in [0.25, 0.3) is 0 Å². The second-order valence-electron chi connectivity index (χ2n) is 8.46. The van der Waals surface area contributed by atoms with Crippen molar-refractivity contribution in [2.75, 3.05) is 31.1 Å². The lowest BCUT2D eigenvalue weighted by atomic mass is 9.91. The molecule has 7 heteroatoms. The van der Waals surface area contributed by atoms with Crippen LogP contribution in [0.15, 0.2) is 29.3 Å². The molecule has 0 N–H and O–H groups in total. The summed E-state index contributed by atoms with van der Waals surface area (Å²) < 4.78 is 0. The van der Waals surface area contributed by atoms with Crippen molar-refractivity contribution in [3.63, 3.8) is 0 Å². The first-order valence-corrected chi connectivity index (χ1v) is 12.4. The fraction of sp³-hybridized carbons (Fsp3) is 0.458. The molecule has 1 aromatic carbocycles. The second kappa shape index (κ2) is 8.75. The molecule has 1 aliphatic carbocycles. The molecular formula is C24H26ClN3O2S. The number of likely N-dealkylation sites (tertiary alicyclic amines) is 1. The number of aryl methyl sites for hydroxylation is 1. The van der Waals surface area contributed by atoms with Crippen LogP contribution < -0.4 is 4.90 Å². The van der Waals surface area contributed by atoms with E-state index in [1.54, 1.807) is 16.2 Å². The molecule has 1 fully saturated rings. The quantitative estimate of drug-likeness (QED) is 0.685. The summed E-state index contributed by atoms with van der Waals surface area (Å²) in [6.07, 6.45) is 7.54. The maximum atomic E-state index is 13.2. The molecule has 2 aliphatic heterocycles. The Morgan fingerprint density at radius 1 is 1.06 bits per heavy atom. The van der Waals surface area contributed by atoms with Crippen LogP contribution in [0.2, 0.25) is 5.02 Å². The number of fused-ring (bicyclic) bond motifs is 3. The zero-order valence-corrected chi connectivity index (χ0v) is 19.1. The van der Waals surface area contributed by atoms with Crippen LogP contribution in [0.1, 0.15) is 53.7 Å². The predicted octanol–water partition coefficient (Wildman–Crippen LogP) is 4.48. The van der Waals surface area contributed by atoms with Crippen LogP contribution in [-0.4, -0.2) is 48.6 Å². The normalized spacial score (nSPS) is 18.9. The van der Waals surface area contributed by atoms with E-state index in [9.17, 15) is 9.59 Å². The molecule has 31 heavy (non-hydrogen) atoms. The summed E-state index contributed by atoms with van der Waals surface area (Å²) in [6.45, 7) is 1.70. The van der Waals surface area contributed by atoms with Gasteiger partial charge in [-0.25, -0.2) is 0 Å². The summed E-state index contributed by atoms with van der Waals surface area (Å²) >= 11 is 8.22. The Morgan fingerprint density at radius 3 is 2.65 bits per heavy atom. The molecule has 0 radical (unpaired) electrons. The number of carbonyl (C=O) groups is 2. The fourth-order valence-electron chi connectivity index (χ4n) is 4.82. The molecule has 2 amide bonds. The van der Waals surface area contributed by atoms with Gasteiger partial charge < -0.3 is 4.90 Å². The van der Waals surface area contributed by atoms with Gasteiger partial charge in [-0.3, -0.25) is 19.5 Å². The first kappa shape index (κ1) is 20.7. The summed E-state index contributed by atoms with van der Waals surface area (Å²) in [4.78, 5) is 35.9. The molecule has 1 saturated heterocycles. The summed E-state index contributed by atoms with van der Waals surface area (Å²) in [5, 5.41) is 1.51. The van der Waals surface area contributed by atoms with E-state index >= 15 is 0 Å². The van der Waals surface area contributed by atoms with Gasteiger partial charge in [0, 0.05) is 34.1 Å². The molecule has 0 bridgehead atoms. The molecule has 3 heterocycles. The molecule has 2 aromatic rings. The number of nitrogens with zero attached hydrogens (tertiary/aromatic N) is 3. The van der Waals surface area contributed by atoms with E-state index in [0.29, 0.717) is 5.02 Å². The van der Waals surface area contributed by atoms with Crippen molar-refractivity contribution in [3.8, 4) is 0 Å². The number of aliphatic imine (C=N–C) groups is 1. The Morgan fingerprint density at radius 2 is 1.84 bits per heavy atom. The number of hydrogen-bond acceptors (Lipinski definition) is 4. The molecule has 1 aromatic heterocycles. The van der Waals surface area contributed by atoms with Crippen molar-refractivity contribution in [1.29, 1.82) is 0 Å². The third-order valence-electron chi connectivity index (χ3n) is 6.44. The highest BCUT2D eigenvalue weighted by Gasteiger charge is 2.34. The van der Waals surface area contributed by atoms with Gasteiger partial charge in [0.25, 0.3) is 0 Å². The zero-order chi connectivity index (χ0) is 21.4. The molecular weight excluding hydrogens is 430 g/mol. The van der Waals surface area contributed by atoms with Crippen LogP contribution in [0, 0.1) is 0 Å². The summed E-state index contributed by atoms with van der Waals surface area (Å²) in [5.74, 6) is -0.0844. The number of halogens is 1. The topological polar surface area (TPSA) is 53.0 Å². The molecule has 5 rings (SSSR count). The van der Waals surface area contributed by atoms with E-state index in [-0.39, 0.29) is 24.9 Å². The maximum Gasteiger partial charge on any atom is 0.249 e. The Balaban J connectivity index is 1.58. The van der Waals surface area contributed by atoms with Crippen LogP contribution in [0.5, 0.6) is 0 Å².